The molecule has 10 N–H and O–H groups in total. The van der Waals surface area contributed by atoms with Crippen molar-refractivity contribution in [1.82, 2.24) is 9.80 Å². The number of ketones is 5. The summed E-state index contributed by atoms with van der Waals surface area (Å²) in [6.45, 7) is 13.4. The lowest BCUT2D eigenvalue weighted by molar-refractivity contribution is -0.264. The maximum atomic E-state index is 13.8. The molecule has 0 aromatic heterocycles. The molecular formula is C63H76Cl2N2O21. The molecule has 478 valence electrons. The summed E-state index contributed by atoms with van der Waals surface area (Å²) in [7, 11) is 0. The molecule has 23 nitrogen and oxygen atoms in total. The predicted molar refractivity (Wildman–Crippen MR) is 315 cm³/mol. The number of Topliss-reactive ketones (excluding diaryl/α,β-unsaturated/α-hetero) is 1. The van der Waals surface area contributed by atoms with E-state index in [0.29, 0.717) is 57.1 Å². The summed E-state index contributed by atoms with van der Waals surface area (Å²) < 4.78 is 35.9. The van der Waals surface area contributed by atoms with Gasteiger partial charge < -0.3 is 79.5 Å². The molecule has 14 atom stereocenters. The number of phenols is 4. The van der Waals surface area contributed by atoms with E-state index in [1.54, 1.807) is 58.9 Å². The van der Waals surface area contributed by atoms with E-state index < -0.39 is 149 Å². The number of aliphatic hydroxyl groups is 6. The highest BCUT2D eigenvalue weighted by Crippen LogP contribution is 2.57. The molecule has 4 aromatic carbocycles. The van der Waals surface area contributed by atoms with Crippen molar-refractivity contribution in [3.05, 3.63) is 114 Å². The van der Waals surface area contributed by atoms with Crippen LogP contribution in [0.3, 0.4) is 0 Å². The Morgan fingerprint density at radius 1 is 0.625 bits per heavy atom. The van der Waals surface area contributed by atoms with Crippen molar-refractivity contribution in [2.45, 2.75) is 165 Å². The number of aliphatic hydroxyl groups excluding tert-OH is 4. The van der Waals surface area contributed by atoms with E-state index in [-0.39, 0.29) is 124 Å². The number of carbonyl (C=O) groups excluding carboxylic acids is 5. The summed E-state index contributed by atoms with van der Waals surface area (Å²) in [6.07, 6.45) is -9.52. The quantitative estimate of drug-likeness (QED) is 0.0917. The number of ether oxygens (including phenoxy) is 6. The number of carbonyl (C=O) groups is 5. The molecule has 4 aromatic rings. The zero-order valence-electron chi connectivity index (χ0n) is 49.5. The summed E-state index contributed by atoms with van der Waals surface area (Å²) in [5.74, 6) is -6.06. The normalized spacial score (nSPS) is 31.9. The zero-order valence-corrected chi connectivity index (χ0v) is 51.1. The minimum atomic E-state index is -2.22. The lowest BCUT2D eigenvalue weighted by Gasteiger charge is -2.47. The molecule has 4 saturated heterocycles. The standard InChI is InChI=1S/C32H37NO11.C31H37NO10.2ClH/c1-14-5-4-6-17-23(14)30(39)26-25(28(17)37)29(38)18-10-32(41,21(35)13-34)11-20(24(18)31(26)40)44-22-9-19(27(36)16(3)43-22)33-7-8-42-15(2)12-33;1-4-31(39)13-18(42-19-12-17(25(33)15(3)41-19)32-8-10-40-11-9-32)21-24(30(31)38)29(37)22-23(28(21)36)27(35)20-14(2)6-5-7-16(20)26(22)34;;/h4-6,15-16,19-20,22,27,34,36,38,40-41H,7-13H2,1-3H3;5-7,15,17-19,25,30,33,36-39H,4,8-13H2,1-3H3;2*1H/t15-,16+,19+,20+,22+,27-,32+;15-,17?,18-,19-,25+,30+,31+;;/m10../s1. The number of hydrogen-bond donors (Lipinski definition) is 10. The van der Waals surface area contributed by atoms with Crippen molar-refractivity contribution in [3.8, 4) is 23.0 Å². The van der Waals surface area contributed by atoms with E-state index in [9.17, 15) is 75.0 Å². The molecule has 12 rings (SSSR count). The van der Waals surface area contributed by atoms with Crippen LogP contribution in [0.4, 0.5) is 0 Å². The van der Waals surface area contributed by atoms with Crippen LogP contribution in [0.25, 0.3) is 0 Å². The first-order valence-electron chi connectivity index (χ1n) is 29.4. The number of benzene rings is 4. The molecule has 4 heterocycles. The third-order valence-electron chi connectivity index (χ3n) is 19.0. The van der Waals surface area contributed by atoms with Crippen LogP contribution in [-0.2, 0) is 39.6 Å². The number of phenolic OH excluding ortho intramolecular Hbond substituents is 4. The van der Waals surface area contributed by atoms with Gasteiger partial charge in [0.15, 0.2) is 41.5 Å². The van der Waals surface area contributed by atoms with Gasteiger partial charge in [0, 0.05) is 115 Å². The predicted octanol–water partition coefficient (Wildman–Crippen LogP) is 3.92. The average molecular weight is 1270 g/mol. The van der Waals surface area contributed by atoms with E-state index in [1.165, 1.54) is 12.1 Å². The summed E-state index contributed by atoms with van der Waals surface area (Å²) in [5.41, 5.74) is -4.63. The van der Waals surface area contributed by atoms with Gasteiger partial charge in [-0.3, -0.25) is 33.8 Å². The fourth-order valence-corrected chi connectivity index (χ4v) is 14.3. The number of aromatic hydroxyl groups is 4. The van der Waals surface area contributed by atoms with Gasteiger partial charge in [-0.2, -0.15) is 0 Å². The molecule has 0 amide bonds. The largest absolute Gasteiger partial charge is 0.507 e. The fraction of sp³-hybridized carbons (Fsp3) is 0.540. The Balaban J connectivity index is 0.000000205. The number of halogens is 2. The Morgan fingerprint density at radius 3 is 1.60 bits per heavy atom. The van der Waals surface area contributed by atoms with Crippen LogP contribution in [0.1, 0.15) is 175 Å². The van der Waals surface area contributed by atoms with Gasteiger partial charge in [-0.05, 0) is 52.2 Å². The van der Waals surface area contributed by atoms with Crippen molar-refractivity contribution in [3.63, 3.8) is 0 Å². The molecule has 88 heavy (non-hydrogen) atoms. The smallest absolute Gasteiger partial charge is 0.198 e. The Hall–Kier alpha value is -5.55. The average Bonchev–Trinajstić information content (AvgIpc) is 0.721. The molecule has 4 aliphatic heterocycles. The van der Waals surface area contributed by atoms with Crippen LogP contribution in [0.2, 0.25) is 0 Å². The number of rotatable bonds is 9. The Morgan fingerprint density at radius 2 is 1.09 bits per heavy atom. The molecule has 0 bridgehead atoms. The second-order valence-corrected chi connectivity index (χ2v) is 24.2. The minimum absolute atomic E-state index is 0. The lowest BCUT2D eigenvalue weighted by Crippen LogP contribution is -2.59. The Bertz CT molecular complexity index is 3430. The van der Waals surface area contributed by atoms with Gasteiger partial charge in [0.2, 0.25) is 0 Å². The molecule has 0 saturated carbocycles. The van der Waals surface area contributed by atoms with Crippen LogP contribution in [0.5, 0.6) is 23.0 Å². The maximum Gasteiger partial charge on any atom is 0.198 e. The van der Waals surface area contributed by atoms with Gasteiger partial charge in [-0.25, -0.2) is 0 Å². The third-order valence-corrected chi connectivity index (χ3v) is 19.0. The van der Waals surface area contributed by atoms with E-state index >= 15 is 0 Å². The molecule has 4 aliphatic carbocycles. The van der Waals surface area contributed by atoms with E-state index in [4.69, 9.17) is 28.4 Å². The molecule has 4 fully saturated rings. The van der Waals surface area contributed by atoms with Gasteiger partial charge in [0.1, 0.15) is 41.3 Å². The van der Waals surface area contributed by atoms with Crippen molar-refractivity contribution < 1.29 is 103 Å². The van der Waals surface area contributed by atoms with Crippen molar-refractivity contribution in [2.24, 2.45) is 0 Å². The minimum Gasteiger partial charge on any atom is -0.507 e. The SMILES string of the molecule is CC[C@@]1(O)C[C@H](O[C@H]2CC(N3CCOCC3)[C@H](O)[C@H](C)O2)c2c(O)c3c(c(O)c2[C@H]1O)C(=O)c1cccc(C)c1C3=O.Cc1cccc2c1C(=O)c1c(O)c3c(c(O)c1C2=O)C[C@@](O)(C(=O)CO)C[C@@H]3O[C@H]1C[C@H](N2CCO[C@H](C)C2)[C@H](O)[C@H](C)O1.Cl.Cl. The van der Waals surface area contributed by atoms with E-state index in [1.807, 2.05) is 6.92 Å². The van der Waals surface area contributed by atoms with Gasteiger partial charge in [-0.15, -0.1) is 24.8 Å². The second kappa shape index (κ2) is 25.6. The van der Waals surface area contributed by atoms with Crippen LogP contribution < -0.4 is 0 Å². The van der Waals surface area contributed by atoms with Crippen LogP contribution >= 0.6 is 24.8 Å². The summed E-state index contributed by atoms with van der Waals surface area (Å²) in [6, 6.07) is 8.84. The number of morpholine rings is 2. The topological polar surface area (TPSA) is 350 Å². The highest BCUT2D eigenvalue weighted by atomic mass is 35.5. The zero-order chi connectivity index (χ0) is 61.7. The van der Waals surface area contributed by atoms with E-state index in [2.05, 4.69) is 9.80 Å². The van der Waals surface area contributed by atoms with Crippen LogP contribution in [0, 0.1) is 13.8 Å². The maximum absolute atomic E-state index is 13.8. The summed E-state index contributed by atoms with van der Waals surface area (Å²) in [5, 5.41) is 112. The molecule has 0 radical (unpaired) electrons. The first kappa shape index (κ1) is 66.9. The first-order valence-corrected chi connectivity index (χ1v) is 29.4. The molecular weight excluding hydrogens is 1190 g/mol. The summed E-state index contributed by atoms with van der Waals surface area (Å²) in [4.78, 5) is 71.8. The van der Waals surface area contributed by atoms with Gasteiger partial charge in [-0.1, -0.05) is 43.3 Å². The van der Waals surface area contributed by atoms with Gasteiger partial charge >= 0.3 is 0 Å². The number of hydrogen-bond acceptors (Lipinski definition) is 23. The van der Waals surface area contributed by atoms with Crippen molar-refractivity contribution >= 4 is 53.7 Å². The van der Waals surface area contributed by atoms with Gasteiger partial charge in [0.05, 0.1) is 90.4 Å². The number of fused-ring (bicyclic) bond motifs is 6. The highest BCUT2D eigenvalue weighted by molar-refractivity contribution is 6.32. The lowest BCUT2D eigenvalue weighted by atomic mass is 9.70. The second-order valence-electron chi connectivity index (χ2n) is 24.2. The molecule has 25 heteroatoms. The number of nitrogens with zero attached hydrogens (tertiary/aromatic N) is 2. The molecule has 0 spiro atoms. The number of aryl methyl sites for hydroxylation is 2. The third kappa shape index (κ3) is 11.3. The van der Waals surface area contributed by atoms with Crippen LogP contribution in [0.15, 0.2) is 36.4 Å². The fourth-order valence-electron chi connectivity index (χ4n) is 14.3. The highest BCUT2D eigenvalue weighted by Gasteiger charge is 2.54. The first-order chi connectivity index (χ1) is 40.8. The van der Waals surface area contributed by atoms with Crippen molar-refractivity contribution in [1.29, 1.82) is 0 Å². The van der Waals surface area contributed by atoms with Crippen molar-refractivity contribution in [2.75, 3.05) is 52.6 Å². The Kier molecular flexibility index (Phi) is 19.5. The van der Waals surface area contributed by atoms with Gasteiger partial charge in [0.25, 0.3) is 0 Å². The Labute approximate surface area is 519 Å². The van der Waals surface area contributed by atoms with E-state index in [0.717, 1.165) is 0 Å². The monoisotopic (exact) mass is 1270 g/mol. The molecule has 8 aliphatic rings. The van der Waals surface area contributed by atoms with Crippen LogP contribution in [-0.4, -0.2) is 209 Å². The summed E-state index contributed by atoms with van der Waals surface area (Å²) >= 11 is 0. The molecule has 1 unspecified atom stereocenters.